The Kier molecular flexibility index (Phi) is 6.44. The van der Waals surface area contributed by atoms with Crippen LogP contribution >= 0.6 is 11.8 Å². The molecule has 3 rings (SSSR count). The van der Waals surface area contributed by atoms with Crippen molar-refractivity contribution < 1.29 is 9.59 Å². The van der Waals surface area contributed by atoms with Gasteiger partial charge in [-0.15, -0.1) is 0 Å². The van der Waals surface area contributed by atoms with Crippen molar-refractivity contribution in [2.24, 2.45) is 5.92 Å². The first-order chi connectivity index (χ1) is 11.7. The van der Waals surface area contributed by atoms with Gasteiger partial charge in [0.15, 0.2) is 0 Å². The minimum absolute atomic E-state index is 0.0413. The van der Waals surface area contributed by atoms with Crippen molar-refractivity contribution in [1.29, 1.82) is 0 Å². The molecule has 1 aliphatic carbocycles. The number of fused-ring (bicyclic) bond motifs is 1. The molecule has 136 valence electrons. The fourth-order valence-corrected chi connectivity index (χ4v) is 5.53. The third-order valence-electron chi connectivity index (χ3n) is 5.66. The molecule has 3 aliphatic rings. The monoisotopic (exact) mass is 353 g/mol. The van der Waals surface area contributed by atoms with E-state index in [0.717, 1.165) is 32.4 Å². The molecular weight excluding hydrogens is 322 g/mol. The molecule has 6 heteroatoms. The lowest BCUT2D eigenvalue weighted by Gasteiger charge is -2.40. The lowest BCUT2D eigenvalue weighted by molar-refractivity contribution is -0.134. The van der Waals surface area contributed by atoms with Crippen LogP contribution in [0, 0.1) is 5.92 Å². The van der Waals surface area contributed by atoms with Crippen molar-refractivity contribution >= 4 is 23.6 Å². The molecule has 0 aromatic heterocycles. The maximum Gasteiger partial charge on any atom is 0.225 e. The van der Waals surface area contributed by atoms with Gasteiger partial charge in [-0.1, -0.05) is 12.8 Å². The molecule has 2 saturated heterocycles. The number of hydrogen-bond acceptors (Lipinski definition) is 4. The Bertz CT molecular complexity index is 454. The standard InChI is InChI=1S/C18H31N3O2S/c1-2-21(12-13-6-5-11-24-13)17(22)10-9-16-19-15-8-4-3-7-14(15)18(23)20-16/h13-16,19H,2-12H2,1H3,(H,20,23). The van der Waals surface area contributed by atoms with Gasteiger partial charge in [0.05, 0.1) is 12.1 Å². The predicted molar refractivity (Wildman–Crippen MR) is 97.8 cm³/mol. The highest BCUT2D eigenvalue weighted by Crippen LogP contribution is 2.28. The predicted octanol–water partition coefficient (Wildman–Crippen LogP) is 2.11. The Labute approximate surface area is 149 Å². The average molecular weight is 354 g/mol. The van der Waals surface area contributed by atoms with Gasteiger partial charge in [-0.25, -0.2) is 0 Å². The van der Waals surface area contributed by atoms with Crippen molar-refractivity contribution in [3.63, 3.8) is 0 Å². The third-order valence-corrected chi connectivity index (χ3v) is 7.04. The number of nitrogens with zero attached hydrogens (tertiary/aromatic N) is 1. The molecule has 0 aromatic rings. The average Bonchev–Trinajstić information content (AvgIpc) is 3.11. The maximum atomic E-state index is 12.5. The van der Waals surface area contributed by atoms with Gasteiger partial charge < -0.3 is 10.2 Å². The van der Waals surface area contributed by atoms with Gasteiger partial charge in [0.1, 0.15) is 0 Å². The summed E-state index contributed by atoms with van der Waals surface area (Å²) >= 11 is 2.00. The summed E-state index contributed by atoms with van der Waals surface area (Å²) in [5.74, 6) is 1.78. The number of nitrogens with one attached hydrogen (secondary N) is 2. The van der Waals surface area contributed by atoms with Crippen LogP contribution in [0.25, 0.3) is 0 Å². The second kappa shape index (κ2) is 8.56. The van der Waals surface area contributed by atoms with Crippen molar-refractivity contribution in [2.45, 2.75) is 75.7 Å². The van der Waals surface area contributed by atoms with Crippen LogP contribution in [0.4, 0.5) is 0 Å². The van der Waals surface area contributed by atoms with E-state index in [1.807, 2.05) is 16.7 Å². The summed E-state index contributed by atoms with van der Waals surface area (Å²) in [6.07, 6.45) is 8.13. The Morgan fingerprint density at radius 3 is 2.83 bits per heavy atom. The summed E-state index contributed by atoms with van der Waals surface area (Å²) in [6.45, 7) is 3.73. The molecule has 2 aliphatic heterocycles. The molecule has 2 N–H and O–H groups in total. The van der Waals surface area contributed by atoms with Gasteiger partial charge >= 0.3 is 0 Å². The van der Waals surface area contributed by atoms with Crippen LogP contribution in [0.1, 0.15) is 58.3 Å². The zero-order valence-corrected chi connectivity index (χ0v) is 15.6. The van der Waals surface area contributed by atoms with Crippen LogP contribution in [0.5, 0.6) is 0 Å². The minimum Gasteiger partial charge on any atom is -0.342 e. The van der Waals surface area contributed by atoms with Crippen molar-refractivity contribution in [2.75, 3.05) is 18.8 Å². The molecule has 2 heterocycles. The van der Waals surface area contributed by atoms with Crippen molar-refractivity contribution in [3.05, 3.63) is 0 Å². The molecular formula is C18H31N3O2S. The van der Waals surface area contributed by atoms with E-state index in [1.54, 1.807) is 0 Å². The maximum absolute atomic E-state index is 12.5. The smallest absolute Gasteiger partial charge is 0.225 e. The van der Waals surface area contributed by atoms with E-state index >= 15 is 0 Å². The van der Waals surface area contributed by atoms with E-state index in [0.29, 0.717) is 24.1 Å². The summed E-state index contributed by atoms with van der Waals surface area (Å²) in [5, 5.41) is 7.26. The number of amides is 2. The molecule has 5 nitrogen and oxygen atoms in total. The minimum atomic E-state index is -0.0413. The van der Waals surface area contributed by atoms with Crippen molar-refractivity contribution in [1.82, 2.24) is 15.5 Å². The van der Waals surface area contributed by atoms with Gasteiger partial charge in [0, 0.05) is 30.8 Å². The number of carbonyl (C=O) groups excluding carboxylic acids is 2. The molecule has 3 fully saturated rings. The van der Waals surface area contributed by atoms with E-state index in [9.17, 15) is 9.59 Å². The van der Waals surface area contributed by atoms with Gasteiger partial charge in [-0.3, -0.25) is 14.9 Å². The van der Waals surface area contributed by atoms with Crippen LogP contribution in [0.2, 0.25) is 0 Å². The number of thioether (sulfide) groups is 1. The first kappa shape index (κ1) is 18.1. The second-order valence-corrected chi connectivity index (χ2v) is 8.74. The number of carbonyl (C=O) groups is 2. The molecule has 1 saturated carbocycles. The van der Waals surface area contributed by atoms with Gasteiger partial charge in [0.2, 0.25) is 11.8 Å². The van der Waals surface area contributed by atoms with E-state index < -0.39 is 0 Å². The van der Waals surface area contributed by atoms with Crippen LogP contribution < -0.4 is 10.6 Å². The fraction of sp³-hybridized carbons (Fsp3) is 0.889. The Balaban J connectivity index is 1.45. The van der Waals surface area contributed by atoms with Crippen LogP contribution in [-0.2, 0) is 9.59 Å². The van der Waals surface area contributed by atoms with Crippen molar-refractivity contribution in [3.8, 4) is 0 Å². The zero-order valence-electron chi connectivity index (χ0n) is 14.8. The highest BCUT2D eigenvalue weighted by Gasteiger charge is 2.37. The summed E-state index contributed by atoms with van der Waals surface area (Å²) in [7, 11) is 0. The van der Waals surface area contributed by atoms with E-state index in [-0.39, 0.29) is 23.9 Å². The lowest BCUT2D eigenvalue weighted by atomic mass is 9.82. The number of hydrogen-bond donors (Lipinski definition) is 2. The lowest BCUT2D eigenvalue weighted by Crippen LogP contribution is -2.62. The van der Waals surface area contributed by atoms with E-state index in [1.165, 1.54) is 25.0 Å². The number of rotatable bonds is 6. The topological polar surface area (TPSA) is 61.4 Å². The highest BCUT2D eigenvalue weighted by atomic mass is 32.2. The Morgan fingerprint density at radius 2 is 2.08 bits per heavy atom. The Morgan fingerprint density at radius 1 is 1.25 bits per heavy atom. The van der Waals surface area contributed by atoms with Crippen LogP contribution in [0.15, 0.2) is 0 Å². The first-order valence-electron chi connectivity index (χ1n) is 9.63. The largest absolute Gasteiger partial charge is 0.342 e. The molecule has 0 bridgehead atoms. The molecule has 24 heavy (non-hydrogen) atoms. The summed E-state index contributed by atoms with van der Waals surface area (Å²) in [6, 6.07) is 0.310. The zero-order chi connectivity index (χ0) is 16.9. The normalized spacial score (nSPS) is 33.0. The Hall–Kier alpha value is -0.750. The van der Waals surface area contributed by atoms with E-state index in [4.69, 9.17) is 0 Å². The molecule has 4 atom stereocenters. The van der Waals surface area contributed by atoms with Gasteiger partial charge in [-0.05, 0) is 44.8 Å². The van der Waals surface area contributed by atoms with Gasteiger partial charge in [-0.2, -0.15) is 11.8 Å². The summed E-state index contributed by atoms with van der Waals surface area (Å²) in [5.41, 5.74) is 0. The quantitative estimate of drug-likeness (QED) is 0.768. The van der Waals surface area contributed by atoms with E-state index in [2.05, 4.69) is 17.6 Å². The first-order valence-corrected chi connectivity index (χ1v) is 10.7. The van der Waals surface area contributed by atoms with Crippen LogP contribution in [0.3, 0.4) is 0 Å². The van der Waals surface area contributed by atoms with Gasteiger partial charge in [0.25, 0.3) is 0 Å². The molecule has 4 unspecified atom stereocenters. The third kappa shape index (κ3) is 4.45. The fourth-order valence-electron chi connectivity index (χ4n) is 4.25. The molecule has 0 aromatic carbocycles. The molecule has 0 radical (unpaired) electrons. The summed E-state index contributed by atoms with van der Waals surface area (Å²) < 4.78 is 0. The SMILES string of the molecule is CCN(CC1CCCS1)C(=O)CCC1NC(=O)C2CCCCC2N1. The molecule has 0 spiro atoms. The highest BCUT2D eigenvalue weighted by molar-refractivity contribution is 8.00. The summed E-state index contributed by atoms with van der Waals surface area (Å²) in [4.78, 5) is 26.8. The second-order valence-electron chi connectivity index (χ2n) is 7.33. The molecule has 2 amide bonds. The van der Waals surface area contributed by atoms with Crippen LogP contribution in [-0.4, -0.2) is 53.0 Å².